The molecule has 1 amide bonds. The van der Waals surface area contributed by atoms with Crippen LogP contribution in [0, 0.1) is 0 Å². The van der Waals surface area contributed by atoms with Crippen LogP contribution in [0.4, 0.5) is 0 Å². The fourth-order valence-electron chi connectivity index (χ4n) is 2.10. The summed E-state index contributed by atoms with van der Waals surface area (Å²) in [5, 5.41) is 0. The summed E-state index contributed by atoms with van der Waals surface area (Å²) in [6.07, 6.45) is 10.1. The van der Waals surface area contributed by atoms with Gasteiger partial charge in [0.2, 0.25) is 5.91 Å². The molecule has 0 aromatic carbocycles. The standard InChI is InChI=1S/C18H35NOSi/c1-7-10-11-12-13-17(14-15-21(4,5)6)16-18(20)19(8-2)9-3/h14-16H,7-13H2,1-6H3/b15-14+,17-16?. The summed E-state index contributed by atoms with van der Waals surface area (Å²) in [6.45, 7) is 14.8. The number of unbranched alkanes of at least 4 members (excludes halogenated alkanes) is 3. The summed E-state index contributed by atoms with van der Waals surface area (Å²) < 4.78 is 0. The zero-order valence-corrected chi connectivity index (χ0v) is 16.0. The Morgan fingerprint density at radius 2 is 1.62 bits per heavy atom. The van der Waals surface area contributed by atoms with Crippen LogP contribution in [0.5, 0.6) is 0 Å². The van der Waals surface area contributed by atoms with Crippen molar-refractivity contribution in [2.24, 2.45) is 0 Å². The van der Waals surface area contributed by atoms with Gasteiger partial charge in [-0.2, -0.15) is 0 Å². The molecule has 21 heavy (non-hydrogen) atoms. The number of carbonyl (C=O) groups excluding carboxylic acids is 1. The molecule has 0 unspecified atom stereocenters. The lowest BCUT2D eigenvalue weighted by atomic mass is 10.1. The van der Waals surface area contributed by atoms with Crippen LogP contribution in [0.1, 0.15) is 52.9 Å². The number of hydrogen-bond acceptors (Lipinski definition) is 1. The fraction of sp³-hybridized carbons (Fsp3) is 0.722. The monoisotopic (exact) mass is 309 g/mol. The highest BCUT2D eigenvalue weighted by Gasteiger charge is 2.10. The number of allylic oxidation sites excluding steroid dienone is 2. The largest absolute Gasteiger partial charge is 0.340 e. The van der Waals surface area contributed by atoms with Gasteiger partial charge in [0.1, 0.15) is 0 Å². The molecule has 0 bridgehead atoms. The summed E-state index contributed by atoms with van der Waals surface area (Å²) >= 11 is 0. The highest BCUT2D eigenvalue weighted by Crippen LogP contribution is 2.14. The molecule has 0 radical (unpaired) electrons. The number of nitrogens with zero attached hydrogens (tertiary/aromatic N) is 1. The van der Waals surface area contributed by atoms with E-state index in [2.05, 4.69) is 38.3 Å². The predicted molar refractivity (Wildman–Crippen MR) is 97.3 cm³/mol. The Balaban J connectivity index is 4.85. The van der Waals surface area contributed by atoms with E-state index in [-0.39, 0.29) is 5.91 Å². The van der Waals surface area contributed by atoms with E-state index in [0.29, 0.717) is 0 Å². The summed E-state index contributed by atoms with van der Waals surface area (Å²) in [4.78, 5) is 14.1. The Morgan fingerprint density at radius 3 is 2.10 bits per heavy atom. The van der Waals surface area contributed by atoms with Crippen LogP contribution in [-0.4, -0.2) is 32.0 Å². The van der Waals surface area contributed by atoms with Crippen molar-refractivity contribution in [3.8, 4) is 0 Å². The molecule has 0 aliphatic rings. The van der Waals surface area contributed by atoms with Gasteiger partial charge in [-0.1, -0.05) is 57.6 Å². The van der Waals surface area contributed by atoms with Crippen LogP contribution in [0.25, 0.3) is 0 Å². The minimum atomic E-state index is -1.22. The molecular weight excluding hydrogens is 274 g/mol. The topological polar surface area (TPSA) is 20.3 Å². The molecule has 0 saturated carbocycles. The fourth-order valence-corrected chi connectivity index (χ4v) is 2.82. The lowest BCUT2D eigenvalue weighted by molar-refractivity contribution is -0.125. The minimum absolute atomic E-state index is 0.158. The minimum Gasteiger partial charge on any atom is -0.340 e. The molecule has 0 heterocycles. The van der Waals surface area contributed by atoms with Crippen molar-refractivity contribution >= 4 is 14.0 Å². The Bertz CT molecular complexity index is 349. The number of carbonyl (C=O) groups is 1. The van der Waals surface area contributed by atoms with E-state index in [4.69, 9.17) is 0 Å². The van der Waals surface area contributed by atoms with Crippen molar-refractivity contribution in [3.63, 3.8) is 0 Å². The van der Waals surface area contributed by atoms with Gasteiger partial charge >= 0.3 is 0 Å². The second-order valence-electron chi connectivity index (χ2n) is 6.74. The molecule has 122 valence electrons. The quantitative estimate of drug-likeness (QED) is 0.235. The maximum atomic E-state index is 12.3. The maximum absolute atomic E-state index is 12.3. The van der Waals surface area contributed by atoms with E-state index >= 15 is 0 Å². The van der Waals surface area contributed by atoms with E-state index in [1.165, 1.54) is 31.3 Å². The van der Waals surface area contributed by atoms with Crippen molar-refractivity contribution in [2.75, 3.05) is 13.1 Å². The first-order valence-corrected chi connectivity index (χ1v) is 12.1. The van der Waals surface area contributed by atoms with E-state index in [1.807, 2.05) is 24.8 Å². The first-order chi connectivity index (χ1) is 9.84. The van der Waals surface area contributed by atoms with Crippen molar-refractivity contribution < 1.29 is 4.79 Å². The zero-order valence-electron chi connectivity index (χ0n) is 15.0. The van der Waals surface area contributed by atoms with Gasteiger partial charge in [0.15, 0.2) is 0 Å². The Hall–Kier alpha value is -0.833. The first kappa shape index (κ1) is 20.2. The van der Waals surface area contributed by atoms with Gasteiger partial charge < -0.3 is 4.90 Å². The Kier molecular flexibility index (Phi) is 10.4. The number of likely N-dealkylation sites (N-methyl/N-ethyl adjacent to an activating group) is 1. The molecule has 0 rings (SSSR count). The molecule has 0 aliphatic heterocycles. The lowest BCUT2D eigenvalue weighted by Gasteiger charge is -2.17. The van der Waals surface area contributed by atoms with Gasteiger partial charge in [-0.15, -0.1) is 0 Å². The van der Waals surface area contributed by atoms with Crippen LogP contribution in [0.3, 0.4) is 0 Å². The SMILES string of the molecule is CCCCCCC(=CC(=O)N(CC)CC)/C=C/[Si](C)(C)C. The molecule has 0 N–H and O–H groups in total. The number of hydrogen-bond donors (Lipinski definition) is 0. The first-order valence-electron chi connectivity index (χ1n) is 8.52. The van der Waals surface area contributed by atoms with Crippen LogP contribution >= 0.6 is 0 Å². The van der Waals surface area contributed by atoms with Crippen molar-refractivity contribution in [3.05, 3.63) is 23.4 Å². The van der Waals surface area contributed by atoms with Crippen molar-refractivity contribution in [2.45, 2.75) is 72.5 Å². The lowest BCUT2D eigenvalue weighted by Crippen LogP contribution is -2.29. The molecule has 0 fully saturated rings. The van der Waals surface area contributed by atoms with Gasteiger partial charge in [-0.25, -0.2) is 0 Å². The van der Waals surface area contributed by atoms with Crippen LogP contribution < -0.4 is 0 Å². The zero-order chi connectivity index (χ0) is 16.3. The highest BCUT2D eigenvalue weighted by molar-refractivity contribution is 6.81. The average Bonchev–Trinajstić information content (AvgIpc) is 2.41. The van der Waals surface area contributed by atoms with Gasteiger partial charge in [-0.05, 0) is 32.3 Å². The highest BCUT2D eigenvalue weighted by atomic mass is 28.3. The Morgan fingerprint density at radius 1 is 1.00 bits per heavy atom. The third-order valence-corrected chi connectivity index (χ3v) is 4.67. The van der Waals surface area contributed by atoms with E-state index < -0.39 is 8.07 Å². The second-order valence-corrected chi connectivity index (χ2v) is 11.8. The molecule has 0 atom stereocenters. The molecule has 0 aliphatic carbocycles. The molecule has 0 saturated heterocycles. The smallest absolute Gasteiger partial charge is 0.246 e. The van der Waals surface area contributed by atoms with Crippen molar-refractivity contribution in [1.82, 2.24) is 4.90 Å². The van der Waals surface area contributed by atoms with Crippen LogP contribution in [0.2, 0.25) is 19.6 Å². The van der Waals surface area contributed by atoms with Gasteiger partial charge in [0, 0.05) is 19.2 Å². The van der Waals surface area contributed by atoms with Gasteiger partial charge in [-0.3, -0.25) is 4.79 Å². The molecular formula is C18H35NOSi. The predicted octanol–water partition coefficient (Wildman–Crippen LogP) is 5.19. The van der Waals surface area contributed by atoms with Crippen molar-refractivity contribution in [1.29, 1.82) is 0 Å². The summed E-state index contributed by atoms with van der Waals surface area (Å²) in [6, 6.07) is 0. The Labute approximate surface area is 133 Å². The molecule has 3 heteroatoms. The van der Waals surface area contributed by atoms with E-state index in [9.17, 15) is 4.79 Å². The third kappa shape index (κ3) is 10.5. The summed E-state index contributed by atoms with van der Waals surface area (Å²) in [5.41, 5.74) is 3.54. The van der Waals surface area contributed by atoms with Gasteiger partial charge in [0.25, 0.3) is 0 Å². The average molecular weight is 310 g/mol. The summed E-state index contributed by atoms with van der Waals surface area (Å²) in [7, 11) is -1.22. The number of rotatable bonds is 10. The summed E-state index contributed by atoms with van der Waals surface area (Å²) in [5.74, 6) is 0.158. The molecule has 0 spiro atoms. The molecule has 2 nitrogen and oxygen atoms in total. The maximum Gasteiger partial charge on any atom is 0.246 e. The van der Waals surface area contributed by atoms with Crippen LogP contribution in [-0.2, 0) is 4.79 Å². The van der Waals surface area contributed by atoms with Crippen LogP contribution in [0.15, 0.2) is 23.4 Å². The number of amides is 1. The molecule has 0 aromatic rings. The van der Waals surface area contributed by atoms with E-state index in [1.54, 1.807) is 0 Å². The second kappa shape index (κ2) is 10.8. The van der Waals surface area contributed by atoms with Gasteiger partial charge in [0.05, 0.1) is 8.07 Å². The molecule has 0 aromatic heterocycles. The third-order valence-electron chi connectivity index (χ3n) is 3.50. The normalized spacial score (nSPS) is 13.0. The van der Waals surface area contributed by atoms with E-state index in [0.717, 1.165) is 19.5 Å².